The highest BCUT2D eigenvalue weighted by atomic mass is 16.6. The molecule has 3 aromatic rings. The van der Waals surface area contributed by atoms with E-state index in [4.69, 9.17) is 14.6 Å². The maximum atomic E-state index is 11.8. The number of imide groups is 1. The van der Waals surface area contributed by atoms with Crippen molar-refractivity contribution in [2.24, 2.45) is 0 Å². The Hall–Kier alpha value is -4.30. The third-order valence-electron chi connectivity index (χ3n) is 5.91. The van der Waals surface area contributed by atoms with Crippen LogP contribution in [0.2, 0.25) is 0 Å². The van der Waals surface area contributed by atoms with Crippen molar-refractivity contribution in [3.63, 3.8) is 0 Å². The van der Waals surface area contributed by atoms with E-state index in [-0.39, 0.29) is 24.0 Å². The summed E-state index contributed by atoms with van der Waals surface area (Å²) in [6, 6.07) is 23.3. The summed E-state index contributed by atoms with van der Waals surface area (Å²) >= 11 is 0. The van der Waals surface area contributed by atoms with E-state index in [1.54, 1.807) is 12.1 Å². The number of ether oxygens (including phenoxy) is 2. The molecule has 1 atom stereocenters. The normalized spacial score (nSPS) is 13.9. The number of anilines is 1. The summed E-state index contributed by atoms with van der Waals surface area (Å²) in [6.07, 6.45) is 5.96. The lowest BCUT2D eigenvalue weighted by Gasteiger charge is -2.13. The quantitative estimate of drug-likeness (QED) is 0.121. The van der Waals surface area contributed by atoms with Gasteiger partial charge in [0.05, 0.1) is 25.5 Å². The van der Waals surface area contributed by atoms with Crippen LogP contribution in [0.3, 0.4) is 0 Å². The second-order valence-corrected chi connectivity index (χ2v) is 8.66. The third kappa shape index (κ3) is 6.92. The van der Waals surface area contributed by atoms with Gasteiger partial charge in [0, 0.05) is 24.1 Å². The number of amides is 2. The number of nitrogens with zero attached hydrogens (tertiary/aromatic N) is 1. The highest BCUT2D eigenvalue weighted by Gasteiger charge is 2.24. The van der Waals surface area contributed by atoms with Crippen molar-refractivity contribution in [3.05, 3.63) is 108 Å². The van der Waals surface area contributed by atoms with Gasteiger partial charge in [0.2, 0.25) is 0 Å². The van der Waals surface area contributed by atoms with Crippen LogP contribution in [0.15, 0.2) is 97.1 Å². The van der Waals surface area contributed by atoms with E-state index in [9.17, 15) is 14.7 Å². The molecule has 0 spiro atoms. The Morgan fingerprint density at radius 1 is 0.816 bits per heavy atom. The molecule has 0 radical (unpaired) electrons. The molecule has 4 rings (SSSR count). The molecule has 7 heteroatoms. The highest BCUT2D eigenvalue weighted by molar-refractivity contribution is 6.28. The van der Waals surface area contributed by atoms with Gasteiger partial charge in [-0.2, -0.15) is 0 Å². The number of benzene rings is 3. The molecule has 1 heterocycles. The first-order chi connectivity index (χ1) is 18.4. The maximum Gasteiger partial charge on any atom is 0.258 e. The fourth-order valence-corrected chi connectivity index (χ4v) is 3.75. The van der Waals surface area contributed by atoms with Crippen LogP contribution in [-0.2, 0) is 14.3 Å². The summed E-state index contributed by atoms with van der Waals surface area (Å²) in [5, 5.41) is 18.5. The van der Waals surface area contributed by atoms with Gasteiger partial charge in [0.25, 0.3) is 11.8 Å². The van der Waals surface area contributed by atoms with Gasteiger partial charge < -0.3 is 19.7 Å². The molecule has 2 N–H and O–H groups in total. The Morgan fingerprint density at radius 3 is 1.89 bits per heavy atom. The molecule has 2 amide bonds. The van der Waals surface area contributed by atoms with Crippen LogP contribution in [0.4, 0.5) is 5.69 Å². The third-order valence-corrected chi connectivity index (χ3v) is 5.91. The van der Waals surface area contributed by atoms with Gasteiger partial charge in [-0.05, 0) is 46.5 Å². The van der Waals surface area contributed by atoms with Crippen molar-refractivity contribution in [1.29, 1.82) is 0 Å². The molecule has 194 valence electrons. The fraction of sp³-hybridized carbons (Fsp3) is 0.161. The standard InChI is InChI=1S/C31H29NO6/c1-22(21-33)31(36)38-20-2-19-37-28-15-11-26(12-16-28)25-9-5-23(6-10-25)3-4-24-7-13-27(14-8-24)32-29(34)17-18-30(32)35/h3-18,31,33,36H,1-2,19-21H2/b4-3+. The second-order valence-electron chi connectivity index (χ2n) is 8.66. The smallest absolute Gasteiger partial charge is 0.258 e. The Balaban J connectivity index is 1.26. The Labute approximate surface area is 221 Å². The lowest BCUT2D eigenvalue weighted by atomic mass is 10.0. The van der Waals surface area contributed by atoms with E-state index >= 15 is 0 Å². The number of hydrogen-bond acceptors (Lipinski definition) is 6. The lowest BCUT2D eigenvalue weighted by molar-refractivity contribution is -0.120. The number of aliphatic hydroxyl groups excluding tert-OH is 2. The molecule has 1 aliphatic rings. The largest absolute Gasteiger partial charge is 0.494 e. The predicted octanol–water partition coefficient (Wildman–Crippen LogP) is 4.61. The maximum absolute atomic E-state index is 11.8. The van der Waals surface area contributed by atoms with Crippen LogP contribution in [0, 0.1) is 0 Å². The van der Waals surface area contributed by atoms with Gasteiger partial charge in [0.1, 0.15) is 5.75 Å². The first-order valence-corrected chi connectivity index (χ1v) is 12.2. The topological polar surface area (TPSA) is 96.3 Å². The first kappa shape index (κ1) is 26.8. The van der Waals surface area contributed by atoms with Crippen LogP contribution in [0.25, 0.3) is 23.3 Å². The molecule has 0 aliphatic carbocycles. The predicted molar refractivity (Wildman–Crippen MR) is 147 cm³/mol. The van der Waals surface area contributed by atoms with Crippen molar-refractivity contribution < 1.29 is 29.3 Å². The van der Waals surface area contributed by atoms with Crippen molar-refractivity contribution in [2.75, 3.05) is 24.7 Å². The minimum Gasteiger partial charge on any atom is -0.494 e. The summed E-state index contributed by atoms with van der Waals surface area (Å²) < 4.78 is 10.9. The van der Waals surface area contributed by atoms with Gasteiger partial charge in [0.15, 0.2) is 6.29 Å². The number of carbonyl (C=O) groups excluding carboxylic acids is 2. The van der Waals surface area contributed by atoms with Crippen LogP contribution < -0.4 is 9.64 Å². The molecular formula is C31H29NO6. The van der Waals surface area contributed by atoms with Crippen LogP contribution in [0.1, 0.15) is 17.5 Å². The zero-order valence-electron chi connectivity index (χ0n) is 20.8. The Kier molecular flexibility index (Phi) is 9.00. The molecule has 38 heavy (non-hydrogen) atoms. The number of hydrogen-bond donors (Lipinski definition) is 2. The van der Waals surface area contributed by atoms with E-state index in [0.29, 0.717) is 25.3 Å². The average molecular weight is 512 g/mol. The van der Waals surface area contributed by atoms with E-state index in [2.05, 4.69) is 18.7 Å². The summed E-state index contributed by atoms with van der Waals surface area (Å²) in [6.45, 7) is 3.93. The van der Waals surface area contributed by atoms with Crippen LogP contribution >= 0.6 is 0 Å². The van der Waals surface area contributed by atoms with Crippen molar-refractivity contribution in [3.8, 4) is 16.9 Å². The Morgan fingerprint density at radius 2 is 1.34 bits per heavy atom. The zero-order valence-corrected chi connectivity index (χ0v) is 20.8. The SMILES string of the molecule is C=C(CO)C(O)OCCCOc1ccc(-c2ccc(/C=C/c3ccc(N4C(=O)C=CC4=O)cc3)cc2)cc1. The summed E-state index contributed by atoms with van der Waals surface area (Å²) in [7, 11) is 0. The van der Waals surface area contributed by atoms with Gasteiger partial charge in [-0.3, -0.25) is 9.59 Å². The molecule has 7 nitrogen and oxygen atoms in total. The van der Waals surface area contributed by atoms with E-state index in [0.717, 1.165) is 32.9 Å². The molecule has 0 fully saturated rings. The molecule has 1 unspecified atom stereocenters. The molecule has 1 aliphatic heterocycles. The minimum atomic E-state index is -1.16. The van der Waals surface area contributed by atoms with E-state index in [1.807, 2.05) is 60.7 Å². The highest BCUT2D eigenvalue weighted by Crippen LogP contribution is 2.24. The monoisotopic (exact) mass is 511 g/mol. The zero-order chi connectivity index (χ0) is 26.9. The van der Waals surface area contributed by atoms with Crippen molar-refractivity contribution >= 4 is 29.7 Å². The molecule has 0 aromatic heterocycles. The van der Waals surface area contributed by atoms with Crippen molar-refractivity contribution in [1.82, 2.24) is 0 Å². The van der Waals surface area contributed by atoms with Gasteiger partial charge >= 0.3 is 0 Å². The fourth-order valence-electron chi connectivity index (χ4n) is 3.75. The molecule has 0 saturated carbocycles. The van der Waals surface area contributed by atoms with Crippen LogP contribution in [0.5, 0.6) is 5.75 Å². The van der Waals surface area contributed by atoms with Gasteiger partial charge in [-0.1, -0.05) is 67.3 Å². The second kappa shape index (κ2) is 12.8. The van der Waals surface area contributed by atoms with E-state index in [1.165, 1.54) is 12.2 Å². The number of rotatable bonds is 12. The Bertz CT molecular complexity index is 1310. The number of carbonyl (C=O) groups is 2. The number of aliphatic hydroxyl groups is 2. The molecule has 3 aromatic carbocycles. The lowest BCUT2D eigenvalue weighted by Crippen LogP contribution is -2.29. The van der Waals surface area contributed by atoms with Gasteiger partial charge in [-0.25, -0.2) is 4.90 Å². The molecular weight excluding hydrogens is 482 g/mol. The molecule has 0 saturated heterocycles. The van der Waals surface area contributed by atoms with Gasteiger partial charge in [-0.15, -0.1) is 0 Å². The first-order valence-electron chi connectivity index (χ1n) is 12.2. The van der Waals surface area contributed by atoms with Crippen molar-refractivity contribution in [2.45, 2.75) is 12.7 Å². The molecule has 0 bridgehead atoms. The summed E-state index contributed by atoms with van der Waals surface area (Å²) in [5.41, 5.74) is 4.93. The van der Waals surface area contributed by atoms with Crippen LogP contribution in [-0.4, -0.2) is 48.1 Å². The van der Waals surface area contributed by atoms with E-state index < -0.39 is 6.29 Å². The summed E-state index contributed by atoms with van der Waals surface area (Å²) in [4.78, 5) is 24.8. The average Bonchev–Trinajstić information content (AvgIpc) is 3.29. The summed E-state index contributed by atoms with van der Waals surface area (Å²) in [5.74, 6) is 0.0885. The minimum absolute atomic E-state index is 0.227.